The van der Waals surface area contributed by atoms with Crippen LogP contribution in [0.4, 0.5) is 0 Å². The van der Waals surface area contributed by atoms with Crippen LogP contribution in [0.5, 0.6) is 0 Å². The van der Waals surface area contributed by atoms with Crippen molar-refractivity contribution in [2.45, 2.75) is 0 Å². The number of aromatic nitrogens is 3. The maximum absolute atomic E-state index is 12.3. The summed E-state index contributed by atoms with van der Waals surface area (Å²) in [5, 5.41) is 7.58. The highest BCUT2D eigenvalue weighted by Gasteiger charge is 2.19. The summed E-state index contributed by atoms with van der Waals surface area (Å²) >= 11 is 9.91. The fourth-order valence-electron chi connectivity index (χ4n) is 1.39. The molecule has 17 heavy (non-hydrogen) atoms. The quantitative estimate of drug-likeness (QED) is 0.696. The molecule has 0 aliphatic rings. The highest BCUT2D eigenvalue weighted by molar-refractivity contribution is 9.11. The number of nitrogens with zero attached hydrogens (tertiary/aromatic N) is 3. The third kappa shape index (κ3) is 2.66. The Balaban J connectivity index is 2.51. The smallest absolute Gasteiger partial charge is 0.213 e. The van der Waals surface area contributed by atoms with Crippen LogP contribution in [0.1, 0.15) is 16.1 Å². The number of benzene rings is 1. The Morgan fingerprint density at radius 1 is 1.18 bits per heavy atom. The molecule has 0 fully saturated rings. The molecule has 2 aromatic rings. The second-order valence-corrected chi connectivity index (χ2v) is 5.92. The van der Waals surface area contributed by atoms with E-state index in [2.05, 4.69) is 58.1 Å². The summed E-state index contributed by atoms with van der Waals surface area (Å²) in [5.74, 6) is -0.133. The maximum Gasteiger partial charge on any atom is 0.213 e. The first kappa shape index (κ1) is 12.9. The van der Waals surface area contributed by atoms with Crippen LogP contribution in [-0.2, 0) is 7.05 Å². The van der Waals surface area contributed by atoms with Gasteiger partial charge < -0.3 is 0 Å². The van der Waals surface area contributed by atoms with Crippen LogP contribution in [0.3, 0.4) is 0 Å². The Morgan fingerprint density at radius 2 is 1.76 bits per heavy atom. The van der Waals surface area contributed by atoms with Gasteiger partial charge in [-0.05, 0) is 34.1 Å². The summed E-state index contributed by atoms with van der Waals surface area (Å²) < 4.78 is 3.56. The normalized spacial score (nSPS) is 10.6. The predicted octanol–water partition coefficient (Wildman–Crippen LogP) is 3.33. The van der Waals surface area contributed by atoms with E-state index in [9.17, 15) is 4.79 Å². The van der Waals surface area contributed by atoms with Crippen LogP contribution >= 0.6 is 47.8 Å². The van der Waals surface area contributed by atoms with E-state index in [0.29, 0.717) is 15.9 Å². The van der Waals surface area contributed by atoms with Crippen LogP contribution < -0.4 is 0 Å². The summed E-state index contributed by atoms with van der Waals surface area (Å²) in [6.45, 7) is 0. The number of hydrogen-bond donors (Lipinski definition) is 0. The fourth-order valence-corrected chi connectivity index (χ4v) is 3.20. The molecule has 1 aromatic heterocycles. The molecule has 0 saturated carbocycles. The lowest BCUT2D eigenvalue weighted by atomic mass is 10.1. The zero-order chi connectivity index (χ0) is 12.6. The third-order valence-corrected chi connectivity index (χ3v) is 3.58. The van der Waals surface area contributed by atoms with Gasteiger partial charge in [0.05, 0.1) is 0 Å². The summed E-state index contributed by atoms with van der Waals surface area (Å²) in [6, 6.07) is 5.38. The van der Waals surface area contributed by atoms with Gasteiger partial charge in [-0.3, -0.25) is 4.79 Å². The average Bonchev–Trinajstić information content (AvgIpc) is 2.56. The molecule has 0 unspecified atom stereocenters. The summed E-state index contributed by atoms with van der Waals surface area (Å²) in [4.78, 5) is 12.3. The van der Waals surface area contributed by atoms with E-state index in [1.807, 2.05) is 6.07 Å². The van der Waals surface area contributed by atoms with Crippen LogP contribution in [0.15, 0.2) is 31.7 Å². The van der Waals surface area contributed by atoms with Crippen molar-refractivity contribution in [3.63, 3.8) is 0 Å². The third-order valence-electron chi connectivity index (χ3n) is 2.13. The topological polar surface area (TPSA) is 47.8 Å². The van der Waals surface area contributed by atoms with E-state index in [1.165, 1.54) is 4.68 Å². The molecule has 0 aliphatic heterocycles. The Bertz CT molecular complexity index is 555. The van der Waals surface area contributed by atoms with E-state index in [1.54, 1.807) is 19.2 Å². The maximum atomic E-state index is 12.3. The largest absolute Gasteiger partial charge is 0.287 e. The molecule has 7 heteroatoms. The van der Waals surface area contributed by atoms with Gasteiger partial charge in [0.15, 0.2) is 4.60 Å². The fraction of sp³-hybridized carbons (Fsp3) is 0.100. The van der Waals surface area contributed by atoms with Crippen molar-refractivity contribution in [1.29, 1.82) is 0 Å². The van der Waals surface area contributed by atoms with Gasteiger partial charge in [-0.25, -0.2) is 4.68 Å². The van der Waals surface area contributed by atoms with Gasteiger partial charge in [0.1, 0.15) is 5.69 Å². The average molecular weight is 424 g/mol. The Hall–Kier alpha value is -0.530. The standard InChI is InChI=1S/C10H6Br3N3O/c1-16-8(10(13)14-15-16)9(17)5-2-6(11)4-7(12)3-5/h2-4H,1H3. The van der Waals surface area contributed by atoms with Crippen LogP contribution in [0, 0.1) is 0 Å². The first-order valence-electron chi connectivity index (χ1n) is 4.55. The zero-order valence-corrected chi connectivity index (χ0v) is 13.4. The molecule has 0 saturated heterocycles. The Labute approximate surface area is 123 Å². The number of hydrogen-bond acceptors (Lipinski definition) is 3. The minimum absolute atomic E-state index is 0.133. The lowest BCUT2D eigenvalue weighted by molar-refractivity contribution is 0.102. The van der Waals surface area contributed by atoms with Crippen molar-refractivity contribution in [2.75, 3.05) is 0 Å². The lowest BCUT2D eigenvalue weighted by Gasteiger charge is -2.03. The second kappa shape index (κ2) is 4.99. The van der Waals surface area contributed by atoms with Crippen molar-refractivity contribution < 1.29 is 4.79 Å². The Morgan fingerprint density at radius 3 is 2.24 bits per heavy atom. The van der Waals surface area contributed by atoms with Gasteiger partial charge in [-0.2, -0.15) is 0 Å². The minimum Gasteiger partial charge on any atom is -0.287 e. The number of halogens is 3. The van der Waals surface area contributed by atoms with Gasteiger partial charge in [-0.1, -0.05) is 37.1 Å². The number of ketones is 1. The molecule has 1 aromatic carbocycles. The number of rotatable bonds is 2. The molecular formula is C10H6Br3N3O. The molecule has 0 amide bonds. The molecule has 0 radical (unpaired) electrons. The number of carbonyl (C=O) groups is 1. The second-order valence-electron chi connectivity index (χ2n) is 3.34. The first-order chi connectivity index (χ1) is 7.99. The van der Waals surface area contributed by atoms with Gasteiger partial charge in [0.25, 0.3) is 0 Å². The number of carbonyl (C=O) groups excluding carboxylic acids is 1. The van der Waals surface area contributed by atoms with Crippen molar-refractivity contribution in [3.8, 4) is 0 Å². The van der Waals surface area contributed by atoms with Crippen molar-refractivity contribution in [2.24, 2.45) is 7.05 Å². The summed E-state index contributed by atoms with van der Waals surface area (Å²) in [5.41, 5.74) is 0.993. The SMILES string of the molecule is Cn1nnc(Br)c1C(=O)c1cc(Br)cc(Br)c1. The molecule has 0 spiro atoms. The molecule has 0 bridgehead atoms. The monoisotopic (exact) mass is 421 g/mol. The minimum atomic E-state index is -0.133. The van der Waals surface area contributed by atoms with E-state index >= 15 is 0 Å². The van der Waals surface area contributed by atoms with Crippen molar-refractivity contribution in [3.05, 3.63) is 43.0 Å². The molecule has 2 rings (SSSR count). The van der Waals surface area contributed by atoms with E-state index in [0.717, 1.165) is 8.95 Å². The van der Waals surface area contributed by atoms with Crippen LogP contribution in [0.25, 0.3) is 0 Å². The molecule has 4 nitrogen and oxygen atoms in total. The van der Waals surface area contributed by atoms with Gasteiger partial charge >= 0.3 is 0 Å². The van der Waals surface area contributed by atoms with Gasteiger partial charge in [0.2, 0.25) is 5.78 Å². The number of aryl methyl sites for hydroxylation is 1. The first-order valence-corrected chi connectivity index (χ1v) is 6.93. The summed E-state index contributed by atoms with van der Waals surface area (Å²) in [6.07, 6.45) is 0. The van der Waals surface area contributed by atoms with Gasteiger partial charge in [-0.15, -0.1) is 5.10 Å². The lowest BCUT2D eigenvalue weighted by Crippen LogP contribution is -2.09. The molecule has 0 aliphatic carbocycles. The molecule has 1 heterocycles. The van der Waals surface area contributed by atoms with E-state index < -0.39 is 0 Å². The van der Waals surface area contributed by atoms with E-state index in [4.69, 9.17) is 0 Å². The van der Waals surface area contributed by atoms with Crippen molar-refractivity contribution >= 4 is 53.6 Å². The molecule has 88 valence electrons. The van der Waals surface area contributed by atoms with Crippen molar-refractivity contribution in [1.82, 2.24) is 15.0 Å². The van der Waals surface area contributed by atoms with Crippen LogP contribution in [0.2, 0.25) is 0 Å². The molecular weight excluding hydrogens is 418 g/mol. The summed E-state index contributed by atoms with van der Waals surface area (Å²) in [7, 11) is 1.68. The highest BCUT2D eigenvalue weighted by Crippen LogP contribution is 2.23. The van der Waals surface area contributed by atoms with Gasteiger partial charge in [0, 0.05) is 21.6 Å². The van der Waals surface area contributed by atoms with E-state index in [-0.39, 0.29) is 5.78 Å². The Kier molecular flexibility index (Phi) is 3.79. The molecule has 0 N–H and O–H groups in total. The molecule has 0 atom stereocenters. The zero-order valence-electron chi connectivity index (χ0n) is 8.62. The predicted molar refractivity (Wildman–Crippen MR) is 74.0 cm³/mol. The highest BCUT2D eigenvalue weighted by atomic mass is 79.9. The van der Waals surface area contributed by atoms with Crippen LogP contribution in [-0.4, -0.2) is 20.8 Å².